The number of benzene rings is 1. The molecule has 37 heavy (non-hydrogen) atoms. The second kappa shape index (κ2) is 9.95. The molecule has 198 valence electrons. The highest BCUT2D eigenvalue weighted by Crippen LogP contribution is 2.61. The maximum Gasteiger partial charge on any atom is 0.251 e. The van der Waals surface area contributed by atoms with Crippen molar-refractivity contribution < 1.29 is 19.5 Å². The van der Waals surface area contributed by atoms with Crippen molar-refractivity contribution in [1.29, 1.82) is 0 Å². The Morgan fingerprint density at radius 1 is 1.08 bits per heavy atom. The standard InChI is InChI=1S/C29H37N3O4S/c1-5-13-30-14-7-9-22-23(26(30)34)24-27(35)32(20(6-2)17-33)25-28(36)31(15-8-12-29(24,25)37-22)21-16-18(3)10-11-19(21)4/h7-12,16,20,22-25,33H,5-6,13-15,17H2,1-4H3/t20-,22-,23+,24-,25?,29-/m0/s1. The number of hydrogen-bond acceptors (Lipinski definition) is 5. The number of rotatable bonds is 6. The highest BCUT2D eigenvalue weighted by molar-refractivity contribution is 8.02. The van der Waals surface area contributed by atoms with E-state index in [1.807, 2.05) is 69.0 Å². The van der Waals surface area contributed by atoms with Gasteiger partial charge in [0.2, 0.25) is 11.8 Å². The van der Waals surface area contributed by atoms with E-state index in [-0.39, 0.29) is 29.6 Å². The van der Waals surface area contributed by atoms with Crippen LogP contribution in [0.25, 0.3) is 0 Å². The number of carbonyl (C=O) groups excluding carboxylic acids is 3. The third-order valence-corrected chi connectivity index (χ3v) is 10.1. The third kappa shape index (κ3) is 3.95. The predicted octanol–water partition coefficient (Wildman–Crippen LogP) is 3.08. The quantitative estimate of drug-likeness (QED) is 0.580. The summed E-state index contributed by atoms with van der Waals surface area (Å²) < 4.78 is -0.867. The number of hydrogen-bond donors (Lipinski definition) is 1. The number of amides is 3. The average molecular weight is 524 g/mol. The topological polar surface area (TPSA) is 81.2 Å². The van der Waals surface area contributed by atoms with Crippen molar-refractivity contribution in [2.75, 3.05) is 31.1 Å². The molecule has 2 fully saturated rings. The molecule has 1 aromatic rings. The van der Waals surface area contributed by atoms with E-state index in [1.165, 1.54) is 0 Å². The van der Waals surface area contributed by atoms with Gasteiger partial charge >= 0.3 is 0 Å². The molecule has 4 aliphatic heterocycles. The number of anilines is 1. The first-order valence-electron chi connectivity index (χ1n) is 13.4. The number of carbonyl (C=O) groups is 3. The van der Waals surface area contributed by atoms with Crippen LogP contribution < -0.4 is 4.90 Å². The van der Waals surface area contributed by atoms with Crippen molar-refractivity contribution in [3.8, 4) is 0 Å². The minimum Gasteiger partial charge on any atom is -0.394 e. The van der Waals surface area contributed by atoms with E-state index in [0.717, 1.165) is 23.2 Å². The summed E-state index contributed by atoms with van der Waals surface area (Å²) in [6.07, 6.45) is 9.51. The second-order valence-corrected chi connectivity index (χ2v) is 12.2. The predicted molar refractivity (Wildman–Crippen MR) is 146 cm³/mol. The van der Waals surface area contributed by atoms with Gasteiger partial charge in [-0.2, -0.15) is 0 Å². The van der Waals surface area contributed by atoms with Crippen LogP contribution in [-0.2, 0) is 14.4 Å². The summed E-state index contributed by atoms with van der Waals surface area (Å²) in [4.78, 5) is 48.0. The van der Waals surface area contributed by atoms with Crippen molar-refractivity contribution >= 4 is 35.2 Å². The molecule has 7 nitrogen and oxygen atoms in total. The first-order valence-corrected chi connectivity index (χ1v) is 14.3. The minimum atomic E-state index is -0.867. The normalized spacial score (nSPS) is 31.8. The Labute approximate surface area is 223 Å². The van der Waals surface area contributed by atoms with Gasteiger partial charge in [-0.3, -0.25) is 14.4 Å². The van der Waals surface area contributed by atoms with Gasteiger partial charge in [0.25, 0.3) is 5.91 Å². The van der Waals surface area contributed by atoms with Crippen molar-refractivity contribution in [2.24, 2.45) is 11.8 Å². The maximum atomic E-state index is 14.5. The van der Waals surface area contributed by atoms with Crippen LogP contribution in [0.4, 0.5) is 5.69 Å². The van der Waals surface area contributed by atoms with Crippen LogP contribution in [0, 0.1) is 25.7 Å². The van der Waals surface area contributed by atoms with E-state index >= 15 is 0 Å². The Morgan fingerprint density at radius 3 is 2.57 bits per heavy atom. The van der Waals surface area contributed by atoms with Crippen molar-refractivity contribution in [3.05, 3.63) is 53.6 Å². The molecule has 1 spiro atoms. The van der Waals surface area contributed by atoms with Crippen molar-refractivity contribution in [3.63, 3.8) is 0 Å². The molecular weight excluding hydrogens is 486 g/mol. The van der Waals surface area contributed by atoms with Gasteiger partial charge in [0.05, 0.1) is 29.2 Å². The van der Waals surface area contributed by atoms with Crippen molar-refractivity contribution in [2.45, 2.75) is 62.6 Å². The molecule has 4 heterocycles. The number of likely N-dealkylation sites (tertiary alicyclic amines) is 1. The van der Waals surface area contributed by atoms with E-state index in [1.54, 1.807) is 21.6 Å². The Hall–Kier alpha value is -2.58. The van der Waals surface area contributed by atoms with E-state index in [4.69, 9.17) is 0 Å². The molecular formula is C29H37N3O4S. The fraction of sp³-hybridized carbons (Fsp3) is 0.552. The lowest BCUT2D eigenvalue weighted by Crippen LogP contribution is -2.56. The smallest absolute Gasteiger partial charge is 0.251 e. The van der Waals surface area contributed by atoms with Crippen LogP contribution in [-0.4, -0.2) is 80.9 Å². The number of nitrogens with zero attached hydrogens (tertiary/aromatic N) is 3. The molecule has 0 saturated carbocycles. The van der Waals surface area contributed by atoms with Crippen LogP contribution in [0.5, 0.6) is 0 Å². The first-order chi connectivity index (χ1) is 17.8. The van der Waals surface area contributed by atoms with Gasteiger partial charge in [0.15, 0.2) is 0 Å². The molecule has 0 aliphatic carbocycles. The van der Waals surface area contributed by atoms with Crippen LogP contribution in [0.3, 0.4) is 0 Å². The summed E-state index contributed by atoms with van der Waals surface area (Å²) in [5.41, 5.74) is 2.88. The van der Waals surface area contributed by atoms with Gasteiger partial charge < -0.3 is 19.8 Å². The highest BCUT2D eigenvalue weighted by atomic mass is 32.2. The molecule has 1 N–H and O–H groups in total. The number of fused-ring (bicyclic) bond motifs is 2. The molecule has 0 aromatic heterocycles. The SMILES string of the molecule is CCCN1CC=C[C@@H]2S[C@]34C=CCN(c5cc(C)ccc5C)C(=O)C3N([C@@H](CC)CO)C(=O)[C@@H]4[C@@H]2C1=O. The zero-order valence-electron chi connectivity index (χ0n) is 22.1. The van der Waals surface area contributed by atoms with Gasteiger partial charge in [-0.25, -0.2) is 0 Å². The molecule has 4 aliphatic rings. The number of aliphatic hydroxyl groups excluding tert-OH is 1. The van der Waals surface area contributed by atoms with Gasteiger partial charge in [-0.05, 0) is 43.9 Å². The van der Waals surface area contributed by atoms with Crippen LogP contribution in [0.2, 0.25) is 0 Å². The van der Waals surface area contributed by atoms with Gasteiger partial charge in [0, 0.05) is 30.6 Å². The van der Waals surface area contributed by atoms with Gasteiger partial charge in [-0.1, -0.05) is 50.3 Å². The van der Waals surface area contributed by atoms with E-state index < -0.39 is 28.7 Å². The summed E-state index contributed by atoms with van der Waals surface area (Å²) in [6.45, 7) is 9.32. The molecule has 1 unspecified atom stereocenters. The van der Waals surface area contributed by atoms with E-state index in [9.17, 15) is 19.5 Å². The number of aryl methyl sites for hydroxylation is 2. The summed E-state index contributed by atoms with van der Waals surface area (Å²) in [6, 6.07) is 4.77. The van der Waals surface area contributed by atoms with E-state index in [2.05, 4.69) is 6.08 Å². The molecule has 1 aromatic carbocycles. The van der Waals surface area contributed by atoms with Gasteiger partial charge in [-0.15, -0.1) is 11.8 Å². The molecule has 2 saturated heterocycles. The molecule has 0 radical (unpaired) electrons. The molecule has 8 heteroatoms. The Morgan fingerprint density at radius 2 is 1.86 bits per heavy atom. The lowest BCUT2D eigenvalue weighted by atomic mass is 9.78. The highest BCUT2D eigenvalue weighted by Gasteiger charge is 2.71. The fourth-order valence-corrected chi connectivity index (χ4v) is 8.63. The molecule has 5 rings (SSSR count). The van der Waals surface area contributed by atoms with E-state index in [0.29, 0.717) is 26.1 Å². The van der Waals surface area contributed by atoms with Crippen molar-refractivity contribution in [1.82, 2.24) is 9.80 Å². The first kappa shape index (κ1) is 26.0. The summed E-state index contributed by atoms with van der Waals surface area (Å²) >= 11 is 1.59. The zero-order chi connectivity index (χ0) is 26.5. The molecule has 3 amide bonds. The third-order valence-electron chi connectivity index (χ3n) is 8.40. The van der Waals surface area contributed by atoms with Crippen LogP contribution in [0.1, 0.15) is 37.8 Å². The van der Waals surface area contributed by atoms with Gasteiger partial charge in [0.1, 0.15) is 6.04 Å². The largest absolute Gasteiger partial charge is 0.394 e. The fourth-order valence-electron chi connectivity index (χ4n) is 6.63. The summed E-state index contributed by atoms with van der Waals surface area (Å²) in [5, 5.41) is 10.1. The number of thioether (sulfide) groups is 1. The Bertz CT molecular complexity index is 1160. The average Bonchev–Trinajstić information content (AvgIpc) is 3.20. The monoisotopic (exact) mass is 523 g/mol. The minimum absolute atomic E-state index is 0.00583. The maximum absolute atomic E-state index is 14.5. The van der Waals surface area contributed by atoms with Crippen LogP contribution >= 0.6 is 11.8 Å². The Balaban J connectivity index is 1.65. The molecule has 6 atom stereocenters. The summed E-state index contributed by atoms with van der Waals surface area (Å²) in [7, 11) is 0. The lowest BCUT2D eigenvalue weighted by molar-refractivity contribution is -0.144. The Kier molecular flexibility index (Phi) is 7.00. The lowest BCUT2D eigenvalue weighted by Gasteiger charge is -2.38. The zero-order valence-corrected chi connectivity index (χ0v) is 22.9. The second-order valence-electron chi connectivity index (χ2n) is 10.7. The van der Waals surface area contributed by atoms with Crippen LogP contribution in [0.15, 0.2) is 42.5 Å². The molecule has 0 bridgehead atoms. The number of aliphatic hydroxyl groups is 1. The summed E-state index contributed by atoms with van der Waals surface area (Å²) in [5.74, 6) is -1.52.